The average Bonchev–Trinajstić information content (AvgIpc) is 3.41. The van der Waals surface area contributed by atoms with Crippen LogP contribution < -0.4 is 5.73 Å². The zero-order valence-corrected chi connectivity index (χ0v) is 15.6. The average molecular weight is 380 g/mol. The molecule has 0 radical (unpaired) electrons. The van der Waals surface area contributed by atoms with Crippen molar-refractivity contribution < 1.29 is 18.0 Å². The van der Waals surface area contributed by atoms with Gasteiger partial charge in [-0.25, -0.2) is 0 Å². The summed E-state index contributed by atoms with van der Waals surface area (Å²) in [5, 5.41) is 0. The van der Waals surface area contributed by atoms with Crippen LogP contribution in [0.2, 0.25) is 0 Å². The molecule has 2 saturated carbocycles. The first-order chi connectivity index (χ1) is 12.8. The number of nitrogens with zero attached hydrogens (tertiary/aromatic N) is 1. The molecule has 0 unspecified atom stereocenters. The molecule has 0 spiro atoms. The smallest absolute Gasteiger partial charge is 0.328 e. The molecule has 3 rings (SSSR count). The van der Waals surface area contributed by atoms with Gasteiger partial charge in [-0.05, 0) is 44.1 Å². The second kappa shape index (κ2) is 8.05. The molecule has 2 fully saturated rings. The number of amides is 1. The monoisotopic (exact) mass is 380 g/mol. The fourth-order valence-electron chi connectivity index (χ4n) is 4.24. The van der Waals surface area contributed by atoms with Crippen LogP contribution in [0.15, 0.2) is 35.9 Å². The van der Waals surface area contributed by atoms with E-state index in [2.05, 4.69) is 6.08 Å². The first kappa shape index (κ1) is 19.9. The molecule has 0 saturated heterocycles. The quantitative estimate of drug-likeness (QED) is 0.816. The highest BCUT2D eigenvalue weighted by molar-refractivity contribution is 5.83. The molecule has 0 bridgehead atoms. The van der Waals surface area contributed by atoms with Crippen LogP contribution in [-0.4, -0.2) is 35.1 Å². The molecular weight excluding hydrogens is 353 g/mol. The number of hydrogen-bond acceptors (Lipinski definition) is 2. The molecule has 148 valence electrons. The van der Waals surface area contributed by atoms with Gasteiger partial charge in [0, 0.05) is 24.0 Å². The third-order valence-electron chi connectivity index (χ3n) is 5.76. The lowest BCUT2D eigenvalue weighted by Gasteiger charge is -2.37. The molecule has 27 heavy (non-hydrogen) atoms. The van der Waals surface area contributed by atoms with E-state index in [0.717, 1.165) is 22.5 Å². The summed E-state index contributed by atoms with van der Waals surface area (Å²) in [5.41, 5.74) is 8.05. The molecule has 1 amide bonds. The Labute approximate surface area is 158 Å². The van der Waals surface area contributed by atoms with Crippen molar-refractivity contribution >= 4 is 12.0 Å². The van der Waals surface area contributed by atoms with Crippen LogP contribution in [0.1, 0.15) is 51.0 Å². The highest BCUT2D eigenvalue weighted by Crippen LogP contribution is 2.46. The van der Waals surface area contributed by atoms with Crippen LogP contribution in [0.5, 0.6) is 0 Å². The molecule has 2 atom stereocenters. The first-order valence-corrected chi connectivity index (χ1v) is 9.71. The van der Waals surface area contributed by atoms with Gasteiger partial charge in [-0.2, -0.15) is 13.2 Å². The lowest BCUT2D eigenvalue weighted by molar-refractivity contribution is -0.189. The number of halogens is 3. The van der Waals surface area contributed by atoms with Gasteiger partial charge in [0.05, 0.1) is 0 Å². The maximum Gasteiger partial charge on any atom is 0.471 e. The lowest BCUT2D eigenvalue weighted by atomic mass is 9.90. The Kier molecular flexibility index (Phi) is 5.94. The maximum atomic E-state index is 13.2. The van der Waals surface area contributed by atoms with Crippen LogP contribution in [0.25, 0.3) is 6.08 Å². The molecular formula is C21H27F3N2O. The predicted molar refractivity (Wildman–Crippen MR) is 99.7 cm³/mol. The van der Waals surface area contributed by atoms with Crippen molar-refractivity contribution in [3.8, 4) is 0 Å². The predicted octanol–water partition coefficient (Wildman–Crippen LogP) is 4.53. The van der Waals surface area contributed by atoms with Crippen molar-refractivity contribution in [1.29, 1.82) is 0 Å². The van der Waals surface area contributed by atoms with Crippen molar-refractivity contribution in [3.05, 3.63) is 41.5 Å². The second-order valence-corrected chi connectivity index (χ2v) is 7.67. The van der Waals surface area contributed by atoms with Crippen molar-refractivity contribution in [3.63, 3.8) is 0 Å². The summed E-state index contributed by atoms with van der Waals surface area (Å²) in [5.74, 6) is -1.68. The highest BCUT2D eigenvalue weighted by Gasteiger charge is 2.54. The van der Waals surface area contributed by atoms with Gasteiger partial charge in [-0.3, -0.25) is 4.79 Å². The number of rotatable bonds is 5. The number of nitrogens with two attached hydrogens (primary N) is 1. The summed E-state index contributed by atoms with van der Waals surface area (Å²) in [7, 11) is 0. The van der Waals surface area contributed by atoms with Crippen LogP contribution in [0.4, 0.5) is 13.2 Å². The summed E-state index contributed by atoms with van der Waals surface area (Å²) in [6, 6.07) is 9.09. The van der Waals surface area contributed by atoms with E-state index in [1.807, 2.05) is 37.3 Å². The largest absolute Gasteiger partial charge is 0.471 e. The van der Waals surface area contributed by atoms with E-state index >= 15 is 0 Å². The third-order valence-corrected chi connectivity index (χ3v) is 5.76. The fourth-order valence-corrected chi connectivity index (χ4v) is 4.24. The second-order valence-electron chi connectivity index (χ2n) is 7.67. The molecule has 2 aliphatic carbocycles. The minimum Gasteiger partial charge on any atom is -0.328 e. The number of carbonyl (C=O) groups excluding carboxylic acids is 1. The van der Waals surface area contributed by atoms with Gasteiger partial charge in [0.2, 0.25) is 0 Å². The van der Waals surface area contributed by atoms with Crippen LogP contribution >= 0.6 is 0 Å². The van der Waals surface area contributed by atoms with Gasteiger partial charge >= 0.3 is 12.1 Å². The normalized spacial score (nSPS) is 28.7. The highest BCUT2D eigenvalue weighted by atomic mass is 19.4. The van der Waals surface area contributed by atoms with E-state index in [-0.39, 0.29) is 24.0 Å². The summed E-state index contributed by atoms with van der Waals surface area (Å²) < 4.78 is 39.7. The van der Waals surface area contributed by atoms with Crippen molar-refractivity contribution in [1.82, 2.24) is 4.90 Å². The summed E-state index contributed by atoms with van der Waals surface area (Å²) in [6.07, 6.45) is 1.04. The Balaban J connectivity index is 1.79. The molecule has 0 heterocycles. The van der Waals surface area contributed by atoms with Crippen molar-refractivity contribution in [2.45, 2.75) is 69.8 Å². The number of benzene rings is 1. The van der Waals surface area contributed by atoms with Crippen LogP contribution in [0.3, 0.4) is 0 Å². The van der Waals surface area contributed by atoms with Crippen molar-refractivity contribution in [2.24, 2.45) is 11.7 Å². The van der Waals surface area contributed by atoms with Crippen LogP contribution in [-0.2, 0) is 4.79 Å². The standard InChI is InChI=1S/C21H27F3N2O/c1-2-15(12-14-6-4-3-5-7-14)18-13-19(18)26(20(27)21(22,23)24)17-10-8-16(25)9-11-17/h3-7,12,16-19H,2,8-11,13,25H2,1H3/t16?,17?,18-,19+/m0/s1. The number of carbonyl (C=O) groups is 1. The fraction of sp³-hybridized carbons (Fsp3) is 0.571. The Morgan fingerprint density at radius 2 is 1.81 bits per heavy atom. The minimum atomic E-state index is -4.83. The van der Waals surface area contributed by atoms with E-state index in [9.17, 15) is 18.0 Å². The van der Waals surface area contributed by atoms with E-state index in [1.165, 1.54) is 0 Å². The van der Waals surface area contributed by atoms with Gasteiger partial charge < -0.3 is 10.6 Å². The molecule has 2 aliphatic rings. The molecule has 6 heteroatoms. The summed E-state index contributed by atoms with van der Waals surface area (Å²) in [4.78, 5) is 13.3. The SMILES string of the molecule is CCC(=Cc1ccccc1)[C@@H]1C[C@H]1N(C(=O)C(F)(F)F)C1CCC(N)CC1. The number of alkyl halides is 3. The molecule has 3 nitrogen and oxygen atoms in total. The van der Waals surface area contributed by atoms with Crippen molar-refractivity contribution in [2.75, 3.05) is 0 Å². The van der Waals surface area contributed by atoms with E-state index in [0.29, 0.717) is 32.1 Å². The van der Waals surface area contributed by atoms with Gasteiger partial charge in [0.1, 0.15) is 0 Å². The zero-order chi connectivity index (χ0) is 19.6. The Morgan fingerprint density at radius 1 is 1.19 bits per heavy atom. The minimum absolute atomic E-state index is 0.0112. The molecule has 0 aliphatic heterocycles. The lowest BCUT2D eigenvalue weighted by Crippen LogP contribution is -2.51. The van der Waals surface area contributed by atoms with E-state index in [1.54, 1.807) is 0 Å². The molecule has 1 aromatic carbocycles. The number of hydrogen-bond donors (Lipinski definition) is 1. The van der Waals surface area contributed by atoms with Gasteiger partial charge in [-0.1, -0.05) is 48.9 Å². The van der Waals surface area contributed by atoms with Gasteiger partial charge in [-0.15, -0.1) is 0 Å². The molecule has 2 N–H and O–H groups in total. The third kappa shape index (κ3) is 4.72. The zero-order valence-electron chi connectivity index (χ0n) is 15.6. The van der Waals surface area contributed by atoms with E-state index in [4.69, 9.17) is 5.73 Å². The Morgan fingerprint density at radius 3 is 2.37 bits per heavy atom. The van der Waals surface area contributed by atoms with Gasteiger partial charge in [0.25, 0.3) is 0 Å². The Bertz CT molecular complexity index is 678. The van der Waals surface area contributed by atoms with E-state index < -0.39 is 12.1 Å². The van der Waals surface area contributed by atoms with Gasteiger partial charge in [0.15, 0.2) is 0 Å². The first-order valence-electron chi connectivity index (χ1n) is 9.71. The molecule has 0 aromatic heterocycles. The summed E-state index contributed by atoms with van der Waals surface area (Å²) >= 11 is 0. The Hall–Kier alpha value is -1.82. The van der Waals surface area contributed by atoms with Crippen LogP contribution in [0, 0.1) is 5.92 Å². The maximum absolute atomic E-state index is 13.2. The molecule has 1 aromatic rings. The summed E-state index contributed by atoms with van der Waals surface area (Å²) in [6.45, 7) is 2.01. The topological polar surface area (TPSA) is 46.3 Å².